The highest BCUT2D eigenvalue weighted by Gasteiger charge is 2.48. The number of anilines is 2. The molecule has 0 bridgehead atoms. The predicted molar refractivity (Wildman–Crippen MR) is 143 cm³/mol. The number of fused-ring (bicyclic) bond motifs is 2. The first-order valence-electron chi connectivity index (χ1n) is 12.4. The maximum atomic E-state index is 15.1. The number of benzene rings is 2. The Kier molecular flexibility index (Phi) is 7.05. The van der Waals surface area contributed by atoms with Crippen LogP contribution < -0.4 is 20.1 Å². The summed E-state index contributed by atoms with van der Waals surface area (Å²) in [6.45, 7) is 5.83. The van der Waals surface area contributed by atoms with E-state index in [9.17, 15) is 0 Å². The second kappa shape index (κ2) is 10.1. The molecule has 0 radical (unpaired) electrons. The number of hydrogen-bond donors (Lipinski definition) is 1. The molecule has 1 aromatic heterocycles. The van der Waals surface area contributed by atoms with E-state index >= 15 is 4.39 Å². The van der Waals surface area contributed by atoms with E-state index in [1.807, 2.05) is 12.1 Å². The lowest BCUT2D eigenvalue weighted by atomic mass is 9.88. The van der Waals surface area contributed by atoms with E-state index in [1.165, 1.54) is 6.33 Å². The lowest BCUT2D eigenvalue weighted by molar-refractivity contribution is 0.232. The quantitative estimate of drug-likeness (QED) is 0.344. The number of halogens is 3. The van der Waals surface area contributed by atoms with Crippen molar-refractivity contribution in [2.45, 2.75) is 39.2 Å². The summed E-state index contributed by atoms with van der Waals surface area (Å²) >= 11 is 12.2. The Balaban J connectivity index is 1.32. The van der Waals surface area contributed by atoms with Crippen LogP contribution in [0.3, 0.4) is 0 Å². The molecule has 1 aliphatic heterocycles. The van der Waals surface area contributed by atoms with Gasteiger partial charge in [-0.15, -0.1) is 0 Å². The molecule has 2 aliphatic rings. The topological polar surface area (TPSA) is 73.5 Å². The molecule has 3 aromatic rings. The Morgan fingerprint density at radius 3 is 2.72 bits per heavy atom. The first kappa shape index (κ1) is 25.2. The Bertz CT molecular complexity index is 1270. The van der Waals surface area contributed by atoms with Crippen molar-refractivity contribution in [1.29, 1.82) is 0 Å². The van der Waals surface area contributed by atoms with Crippen LogP contribution in [0.2, 0.25) is 10.0 Å². The van der Waals surface area contributed by atoms with E-state index in [0.717, 1.165) is 36.7 Å². The molecule has 36 heavy (non-hydrogen) atoms. The number of nitrogens with zero attached hydrogens (tertiary/aromatic N) is 3. The Morgan fingerprint density at radius 1 is 1.17 bits per heavy atom. The van der Waals surface area contributed by atoms with Gasteiger partial charge in [0.1, 0.15) is 12.1 Å². The van der Waals surface area contributed by atoms with Crippen LogP contribution in [0.1, 0.15) is 33.1 Å². The van der Waals surface area contributed by atoms with Crippen molar-refractivity contribution < 1.29 is 13.9 Å². The Morgan fingerprint density at radius 2 is 1.97 bits per heavy atom. The van der Waals surface area contributed by atoms with Gasteiger partial charge in [-0.25, -0.2) is 14.4 Å². The molecule has 5 rings (SSSR count). The lowest BCUT2D eigenvalue weighted by Gasteiger charge is -2.32. The molecule has 6 nitrogen and oxygen atoms in total. The van der Waals surface area contributed by atoms with Gasteiger partial charge in [0, 0.05) is 24.0 Å². The highest BCUT2D eigenvalue weighted by Crippen LogP contribution is 2.49. The highest BCUT2D eigenvalue weighted by molar-refractivity contribution is 6.42. The van der Waals surface area contributed by atoms with Gasteiger partial charge in [-0.3, -0.25) is 0 Å². The summed E-state index contributed by atoms with van der Waals surface area (Å²) in [5.74, 6) is 3.10. The van der Waals surface area contributed by atoms with Gasteiger partial charge in [0.25, 0.3) is 0 Å². The zero-order chi connectivity index (χ0) is 25.6. The summed E-state index contributed by atoms with van der Waals surface area (Å²) in [6, 6.07) is 7.39. The number of methoxy groups -OCH3 is 1. The molecule has 0 unspecified atom stereocenters. The van der Waals surface area contributed by atoms with E-state index in [-0.39, 0.29) is 16.1 Å². The number of hydrogen-bond acceptors (Lipinski definition) is 6. The van der Waals surface area contributed by atoms with E-state index in [1.54, 1.807) is 19.2 Å². The fourth-order valence-electron chi connectivity index (χ4n) is 6.08. The third-order valence-electron chi connectivity index (χ3n) is 7.64. The average Bonchev–Trinajstić information content (AvgIpc) is 3.39. The summed E-state index contributed by atoms with van der Waals surface area (Å²) in [4.78, 5) is 10.6. The Labute approximate surface area is 220 Å². The SMILES string of the molecule is COc1cc2c(N)ncnc2cc1OC[C@@H]1C[C@H]2CN(c3ccc(Cl)c(Cl)c3F)[C@H](CC(C)C)[C@@H]2C1. The van der Waals surface area contributed by atoms with Crippen LogP contribution in [0.25, 0.3) is 10.9 Å². The summed E-state index contributed by atoms with van der Waals surface area (Å²) in [5.41, 5.74) is 7.27. The van der Waals surface area contributed by atoms with Crippen molar-refractivity contribution in [3.05, 3.63) is 46.5 Å². The number of ether oxygens (including phenoxy) is 2. The lowest BCUT2D eigenvalue weighted by Crippen LogP contribution is -2.35. The van der Waals surface area contributed by atoms with Gasteiger partial charge in [-0.05, 0) is 61.1 Å². The zero-order valence-electron chi connectivity index (χ0n) is 20.7. The van der Waals surface area contributed by atoms with Crippen LogP contribution >= 0.6 is 23.2 Å². The van der Waals surface area contributed by atoms with Crippen LogP contribution in [-0.4, -0.2) is 36.3 Å². The molecular formula is C27H31Cl2FN4O2. The minimum absolute atomic E-state index is 0.00263. The molecule has 0 spiro atoms. The zero-order valence-corrected chi connectivity index (χ0v) is 22.2. The fourth-order valence-corrected chi connectivity index (χ4v) is 6.38. The number of rotatable bonds is 7. The summed E-state index contributed by atoms with van der Waals surface area (Å²) in [5, 5.41) is 0.980. The van der Waals surface area contributed by atoms with Gasteiger partial charge in [-0.1, -0.05) is 37.0 Å². The summed E-state index contributed by atoms with van der Waals surface area (Å²) in [6.07, 6.45) is 4.51. The molecule has 2 fully saturated rings. The molecule has 1 saturated carbocycles. The minimum Gasteiger partial charge on any atom is -0.493 e. The van der Waals surface area contributed by atoms with Crippen LogP contribution in [0.15, 0.2) is 30.6 Å². The third-order valence-corrected chi connectivity index (χ3v) is 8.42. The molecule has 0 amide bonds. The van der Waals surface area contributed by atoms with Gasteiger partial charge in [0.05, 0.1) is 35.0 Å². The van der Waals surface area contributed by atoms with Gasteiger partial charge in [-0.2, -0.15) is 0 Å². The van der Waals surface area contributed by atoms with Gasteiger partial charge in [0.2, 0.25) is 0 Å². The van der Waals surface area contributed by atoms with E-state index in [4.69, 9.17) is 38.4 Å². The predicted octanol–water partition coefficient (Wildman–Crippen LogP) is 6.62. The van der Waals surface area contributed by atoms with Crippen molar-refractivity contribution in [2.24, 2.45) is 23.7 Å². The second-order valence-corrected chi connectivity index (χ2v) is 11.2. The molecular weight excluding hydrogens is 502 g/mol. The molecule has 2 N–H and O–H groups in total. The minimum atomic E-state index is -0.425. The number of nitrogens with two attached hydrogens (primary N) is 1. The van der Waals surface area contributed by atoms with Crippen molar-refractivity contribution in [2.75, 3.05) is 30.9 Å². The van der Waals surface area contributed by atoms with Gasteiger partial charge in [0.15, 0.2) is 17.3 Å². The van der Waals surface area contributed by atoms with Crippen molar-refractivity contribution >= 4 is 45.6 Å². The molecule has 2 heterocycles. The molecule has 2 aromatic carbocycles. The van der Waals surface area contributed by atoms with Gasteiger partial charge < -0.3 is 20.1 Å². The first-order valence-corrected chi connectivity index (χ1v) is 13.1. The van der Waals surface area contributed by atoms with E-state index < -0.39 is 5.82 Å². The van der Waals surface area contributed by atoms with Crippen LogP contribution in [0.5, 0.6) is 11.5 Å². The highest BCUT2D eigenvalue weighted by atomic mass is 35.5. The average molecular weight is 533 g/mol. The number of nitrogen functional groups attached to an aromatic ring is 1. The molecule has 1 aliphatic carbocycles. The van der Waals surface area contributed by atoms with Crippen molar-refractivity contribution in [3.8, 4) is 11.5 Å². The molecule has 192 valence electrons. The smallest absolute Gasteiger partial charge is 0.166 e. The van der Waals surface area contributed by atoms with Crippen LogP contribution in [0.4, 0.5) is 15.9 Å². The molecule has 1 saturated heterocycles. The van der Waals surface area contributed by atoms with Crippen LogP contribution in [0, 0.1) is 29.5 Å². The molecule has 4 atom stereocenters. The van der Waals surface area contributed by atoms with Crippen molar-refractivity contribution in [1.82, 2.24) is 9.97 Å². The van der Waals surface area contributed by atoms with E-state index in [0.29, 0.717) is 53.3 Å². The van der Waals surface area contributed by atoms with E-state index in [2.05, 4.69) is 28.7 Å². The third kappa shape index (κ3) is 4.63. The second-order valence-electron chi connectivity index (χ2n) is 10.4. The number of aromatic nitrogens is 2. The van der Waals surface area contributed by atoms with Crippen LogP contribution in [-0.2, 0) is 0 Å². The van der Waals surface area contributed by atoms with Crippen molar-refractivity contribution in [3.63, 3.8) is 0 Å². The normalized spacial score (nSPS) is 23.5. The summed E-state index contributed by atoms with van der Waals surface area (Å²) in [7, 11) is 1.61. The summed E-state index contributed by atoms with van der Waals surface area (Å²) < 4.78 is 26.9. The first-order chi connectivity index (χ1) is 17.3. The largest absolute Gasteiger partial charge is 0.493 e. The standard InChI is InChI=1S/C27H31Cl2FN4O2/c1-14(2)6-22-17-8-15(7-16(17)11-34(22)21-5-4-19(28)25(29)26(21)30)12-36-24-10-20-18(9-23(24)35-3)27(31)33-13-32-20/h4-5,9-10,13-17,22H,6-8,11-12H2,1-3H3,(H2,31,32,33)/t15-,16+,17-,22-/m1/s1. The molecule has 9 heteroatoms. The monoisotopic (exact) mass is 532 g/mol. The maximum Gasteiger partial charge on any atom is 0.166 e. The Hall–Kier alpha value is -2.51. The van der Waals surface area contributed by atoms with Gasteiger partial charge >= 0.3 is 0 Å². The fraction of sp³-hybridized carbons (Fsp3) is 0.481. The maximum absolute atomic E-state index is 15.1.